The number of allylic oxidation sites excluding steroid dienone is 2. The van der Waals surface area contributed by atoms with E-state index >= 15 is 0 Å². The molecule has 0 heterocycles. The van der Waals surface area contributed by atoms with Gasteiger partial charge >= 0.3 is 0 Å². The second kappa shape index (κ2) is 6.85. The van der Waals surface area contributed by atoms with Crippen molar-refractivity contribution in [3.8, 4) is 0 Å². The number of hydrogen-bond acceptors (Lipinski definition) is 0. The van der Waals surface area contributed by atoms with E-state index in [0.717, 1.165) is 5.92 Å². The van der Waals surface area contributed by atoms with Gasteiger partial charge in [-0.2, -0.15) is 0 Å². The molecule has 0 aliphatic heterocycles. The van der Waals surface area contributed by atoms with Crippen LogP contribution in [0, 0.1) is 5.92 Å². The van der Waals surface area contributed by atoms with Gasteiger partial charge in [0.2, 0.25) is 0 Å². The molecule has 0 saturated carbocycles. The van der Waals surface area contributed by atoms with Gasteiger partial charge in [-0.15, -0.1) is 0 Å². The molecule has 1 rings (SSSR count). The second-order valence-electron chi connectivity index (χ2n) is 3.04. The normalized spacial score (nSPS) is 23.3. The van der Waals surface area contributed by atoms with Crippen molar-refractivity contribution in [2.75, 3.05) is 0 Å². The van der Waals surface area contributed by atoms with Gasteiger partial charge in [-0.25, -0.2) is 0 Å². The third kappa shape index (κ3) is 5.87. The van der Waals surface area contributed by atoms with Crippen molar-refractivity contribution in [1.82, 2.24) is 0 Å². The van der Waals surface area contributed by atoms with Crippen LogP contribution < -0.4 is 0 Å². The topological polar surface area (TPSA) is 0 Å². The largest absolute Gasteiger partial charge is 0.0883 e. The SMILES string of the molecule is CC1C=CCCC1.CCC. The molecule has 1 atom stereocenters. The first-order chi connectivity index (χ1) is 4.81. The van der Waals surface area contributed by atoms with Crippen LogP contribution in [-0.4, -0.2) is 0 Å². The number of rotatable bonds is 0. The smallest absolute Gasteiger partial charge is 0.0262 e. The van der Waals surface area contributed by atoms with Gasteiger partial charge in [-0.05, 0) is 25.2 Å². The van der Waals surface area contributed by atoms with E-state index in [1.807, 2.05) is 0 Å². The Morgan fingerprint density at radius 2 is 2.00 bits per heavy atom. The van der Waals surface area contributed by atoms with E-state index in [4.69, 9.17) is 0 Å². The molecule has 0 aromatic heterocycles. The molecule has 0 heteroatoms. The van der Waals surface area contributed by atoms with Crippen LogP contribution in [0.3, 0.4) is 0 Å². The highest BCUT2D eigenvalue weighted by Crippen LogP contribution is 2.14. The quantitative estimate of drug-likeness (QED) is 0.449. The summed E-state index contributed by atoms with van der Waals surface area (Å²) >= 11 is 0. The Bertz CT molecular complexity index is 82.0. The van der Waals surface area contributed by atoms with E-state index in [-0.39, 0.29) is 0 Å². The van der Waals surface area contributed by atoms with E-state index in [1.54, 1.807) is 0 Å². The molecular formula is C10H20. The Morgan fingerprint density at radius 3 is 2.20 bits per heavy atom. The lowest BCUT2D eigenvalue weighted by Gasteiger charge is -2.08. The highest BCUT2D eigenvalue weighted by Gasteiger charge is 1.98. The third-order valence-corrected chi connectivity index (χ3v) is 1.49. The minimum atomic E-state index is 0.855. The summed E-state index contributed by atoms with van der Waals surface area (Å²) in [4.78, 5) is 0. The minimum absolute atomic E-state index is 0.855. The van der Waals surface area contributed by atoms with E-state index < -0.39 is 0 Å². The molecule has 1 aliphatic rings. The summed E-state index contributed by atoms with van der Waals surface area (Å²) < 4.78 is 0. The molecule has 0 nitrogen and oxygen atoms in total. The lowest BCUT2D eigenvalue weighted by atomic mass is 9.98. The number of hydrogen-bond donors (Lipinski definition) is 0. The summed E-state index contributed by atoms with van der Waals surface area (Å²) in [6.07, 6.45) is 9.95. The molecule has 1 aliphatic carbocycles. The van der Waals surface area contributed by atoms with Gasteiger partial charge in [-0.3, -0.25) is 0 Å². The molecule has 0 aromatic carbocycles. The van der Waals surface area contributed by atoms with Gasteiger partial charge in [0.1, 0.15) is 0 Å². The summed E-state index contributed by atoms with van der Waals surface area (Å²) in [5, 5.41) is 0. The van der Waals surface area contributed by atoms with Crippen molar-refractivity contribution < 1.29 is 0 Å². The maximum absolute atomic E-state index is 2.31. The summed E-state index contributed by atoms with van der Waals surface area (Å²) in [7, 11) is 0. The molecule has 0 amide bonds. The van der Waals surface area contributed by atoms with E-state index in [0.29, 0.717) is 0 Å². The van der Waals surface area contributed by atoms with E-state index in [2.05, 4.69) is 32.9 Å². The molecular weight excluding hydrogens is 120 g/mol. The van der Waals surface area contributed by atoms with Crippen LogP contribution in [0.4, 0.5) is 0 Å². The molecule has 0 fully saturated rings. The first kappa shape index (κ1) is 9.74. The summed E-state index contributed by atoms with van der Waals surface area (Å²) in [5.41, 5.74) is 0. The fraction of sp³-hybridized carbons (Fsp3) is 0.800. The maximum Gasteiger partial charge on any atom is -0.0262 e. The lowest BCUT2D eigenvalue weighted by Crippen LogP contribution is -1.92. The lowest BCUT2D eigenvalue weighted by molar-refractivity contribution is 0.584. The highest BCUT2D eigenvalue weighted by atomic mass is 14.0. The average Bonchev–Trinajstić information content (AvgIpc) is 1.91. The maximum atomic E-state index is 2.31. The van der Waals surface area contributed by atoms with Crippen molar-refractivity contribution in [1.29, 1.82) is 0 Å². The minimum Gasteiger partial charge on any atom is -0.0883 e. The monoisotopic (exact) mass is 140 g/mol. The fourth-order valence-electron chi connectivity index (χ4n) is 0.982. The first-order valence-corrected chi connectivity index (χ1v) is 4.47. The Labute approximate surface area is 65.3 Å². The molecule has 0 bridgehead atoms. The highest BCUT2D eigenvalue weighted by molar-refractivity contribution is 4.90. The predicted molar refractivity (Wildman–Crippen MR) is 48.1 cm³/mol. The van der Waals surface area contributed by atoms with Crippen LogP contribution in [0.2, 0.25) is 0 Å². The van der Waals surface area contributed by atoms with Crippen LogP contribution >= 0.6 is 0 Å². The van der Waals surface area contributed by atoms with Gasteiger partial charge in [0, 0.05) is 0 Å². The predicted octanol–water partition coefficient (Wildman–Crippen LogP) is 3.78. The standard InChI is InChI=1S/C7H12.C3H8/c1-7-5-3-2-4-6-7;1-3-2/h3,5,7H,2,4,6H2,1H3;3H2,1-2H3. The van der Waals surface area contributed by atoms with Gasteiger partial charge in [0.05, 0.1) is 0 Å². The van der Waals surface area contributed by atoms with E-state index in [9.17, 15) is 0 Å². The Balaban J connectivity index is 0.000000236. The van der Waals surface area contributed by atoms with Crippen molar-refractivity contribution in [3.63, 3.8) is 0 Å². The van der Waals surface area contributed by atoms with Gasteiger partial charge < -0.3 is 0 Å². The summed E-state index contributed by atoms with van der Waals surface area (Å²) in [6.45, 7) is 6.52. The van der Waals surface area contributed by atoms with Crippen molar-refractivity contribution in [3.05, 3.63) is 12.2 Å². The average molecular weight is 140 g/mol. The van der Waals surface area contributed by atoms with E-state index in [1.165, 1.54) is 25.7 Å². The molecule has 0 saturated heterocycles. The Hall–Kier alpha value is -0.260. The molecule has 0 N–H and O–H groups in total. The van der Waals surface area contributed by atoms with Crippen LogP contribution in [0.25, 0.3) is 0 Å². The van der Waals surface area contributed by atoms with Crippen molar-refractivity contribution >= 4 is 0 Å². The first-order valence-electron chi connectivity index (χ1n) is 4.47. The molecule has 0 radical (unpaired) electrons. The summed E-state index contributed by atoms with van der Waals surface area (Å²) in [5.74, 6) is 0.855. The second-order valence-corrected chi connectivity index (χ2v) is 3.04. The van der Waals surface area contributed by atoms with Crippen LogP contribution in [0.5, 0.6) is 0 Å². The Morgan fingerprint density at radius 1 is 1.40 bits per heavy atom. The Kier molecular flexibility index (Phi) is 6.68. The van der Waals surface area contributed by atoms with Crippen molar-refractivity contribution in [2.45, 2.75) is 46.5 Å². The van der Waals surface area contributed by atoms with Crippen LogP contribution in [-0.2, 0) is 0 Å². The molecule has 60 valence electrons. The zero-order valence-electron chi connectivity index (χ0n) is 7.56. The molecule has 0 spiro atoms. The zero-order chi connectivity index (χ0) is 7.82. The van der Waals surface area contributed by atoms with Gasteiger partial charge in [-0.1, -0.05) is 39.3 Å². The third-order valence-electron chi connectivity index (χ3n) is 1.49. The fourth-order valence-corrected chi connectivity index (χ4v) is 0.982. The van der Waals surface area contributed by atoms with Crippen LogP contribution in [0.1, 0.15) is 46.5 Å². The van der Waals surface area contributed by atoms with Gasteiger partial charge in [0.25, 0.3) is 0 Å². The molecule has 0 aromatic rings. The van der Waals surface area contributed by atoms with Crippen molar-refractivity contribution in [2.24, 2.45) is 5.92 Å². The van der Waals surface area contributed by atoms with Gasteiger partial charge in [0.15, 0.2) is 0 Å². The summed E-state index contributed by atoms with van der Waals surface area (Å²) in [6, 6.07) is 0. The van der Waals surface area contributed by atoms with Crippen LogP contribution in [0.15, 0.2) is 12.2 Å². The zero-order valence-corrected chi connectivity index (χ0v) is 7.56. The molecule has 10 heavy (non-hydrogen) atoms. The molecule has 1 unspecified atom stereocenters.